The van der Waals surface area contributed by atoms with Crippen LogP contribution in [0.2, 0.25) is 0 Å². The topological polar surface area (TPSA) is 489 Å². The number of hydrogen-bond donors (Lipinski definition) is 6. The van der Waals surface area contributed by atoms with E-state index in [-0.39, 0.29) is 120 Å². The van der Waals surface area contributed by atoms with Crippen LogP contribution in [0.4, 0.5) is 19.2 Å². The SMILES string of the molecule is CC(C)(C)OC(=O)NCCS(=O)(=O)CCOCCOCC(COCCOCCS(=O)(=O)CCNC(=O)OC(C)(C)C)OCC(=O)O.CC(C)(C)OC(=O)NCCSCCOCCOCC(COCCOCCSCCNC(=O)OC(C)(C)C)OCC(=O)O.COCCOCCOCC(COCCOCCOC)OP(OCCC#N)N(C(C)C)C(C)C. The maximum absolute atomic E-state index is 12.1. The molecule has 1 unspecified atom stereocenters. The van der Waals surface area contributed by atoms with E-state index >= 15 is 0 Å². The number of alkyl carbamates (subject to hydrolysis) is 4. The van der Waals surface area contributed by atoms with Crippen molar-refractivity contribution in [3.63, 3.8) is 0 Å². The molecule has 716 valence electrons. The second-order valence-electron chi connectivity index (χ2n) is 30.3. The number of thioether (sulfide) groups is 2. The first kappa shape index (κ1) is 121. The quantitative estimate of drug-likeness (QED) is 0.0216. The van der Waals surface area contributed by atoms with Gasteiger partial charge in [0.15, 0.2) is 19.7 Å². The van der Waals surface area contributed by atoms with Crippen molar-refractivity contribution < 1.29 is 160 Å². The fourth-order valence-electron chi connectivity index (χ4n) is 8.43. The Morgan fingerprint density at radius 1 is 0.380 bits per heavy atom. The van der Waals surface area contributed by atoms with Gasteiger partial charge in [0.2, 0.25) is 0 Å². The van der Waals surface area contributed by atoms with Crippen LogP contribution in [0.3, 0.4) is 0 Å². The van der Waals surface area contributed by atoms with Crippen LogP contribution in [0.1, 0.15) is 117 Å². The first-order valence-electron chi connectivity index (χ1n) is 40.2. The number of nitrogens with zero attached hydrogens (tertiary/aromatic N) is 2. The fourth-order valence-corrected chi connectivity index (χ4v) is 13.5. The molecular formula is C76H149N6O34PS4. The summed E-state index contributed by atoms with van der Waals surface area (Å²) in [5.41, 5.74) is -2.40. The van der Waals surface area contributed by atoms with Crippen LogP contribution in [-0.4, -0.2) is 399 Å². The molecule has 0 heterocycles. The number of ether oxygens (including phenoxy) is 20. The van der Waals surface area contributed by atoms with Crippen LogP contribution in [0, 0.1) is 11.3 Å². The minimum atomic E-state index is -3.47. The molecule has 0 saturated heterocycles. The number of rotatable bonds is 74. The molecule has 45 heteroatoms. The van der Waals surface area contributed by atoms with Crippen molar-refractivity contribution >= 4 is 88.0 Å². The Hall–Kier alpha value is -4.22. The van der Waals surface area contributed by atoms with Gasteiger partial charge < -0.3 is 135 Å². The lowest BCUT2D eigenvalue weighted by Crippen LogP contribution is -2.36. The number of methoxy groups -OCH3 is 2. The minimum Gasteiger partial charge on any atom is -0.480 e. The summed E-state index contributed by atoms with van der Waals surface area (Å²) >= 11 is 3.31. The summed E-state index contributed by atoms with van der Waals surface area (Å²) in [6, 6.07) is 2.54. The Labute approximate surface area is 729 Å². The molecule has 121 heavy (non-hydrogen) atoms. The lowest BCUT2D eigenvalue weighted by molar-refractivity contribution is -0.149. The Kier molecular flexibility index (Phi) is 75.8. The molecule has 6 N–H and O–H groups in total. The number of aliphatic carboxylic acids is 2. The number of carbonyl (C=O) groups excluding carboxylic acids is 4. The molecule has 0 saturated carbocycles. The highest BCUT2D eigenvalue weighted by Crippen LogP contribution is 2.47. The maximum atomic E-state index is 12.1. The van der Waals surface area contributed by atoms with Crippen molar-refractivity contribution in [1.29, 1.82) is 5.26 Å². The second kappa shape index (κ2) is 75.9. The van der Waals surface area contributed by atoms with Crippen molar-refractivity contribution in [2.75, 3.05) is 278 Å². The van der Waals surface area contributed by atoms with Gasteiger partial charge in [0.05, 0.1) is 214 Å². The number of sulfone groups is 2. The number of nitriles is 1. The van der Waals surface area contributed by atoms with Crippen molar-refractivity contribution in [2.24, 2.45) is 0 Å². The third kappa shape index (κ3) is 90.4. The zero-order valence-electron chi connectivity index (χ0n) is 75.0. The molecule has 0 bridgehead atoms. The van der Waals surface area contributed by atoms with E-state index in [1.165, 1.54) is 0 Å². The molecule has 0 aromatic carbocycles. The van der Waals surface area contributed by atoms with Gasteiger partial charge in [-0.3, -0.25) is 0 Å². The molecule has 0 radical (unpaired) electrons. The van der Waals surface area contributed by atoms with Crippen molar-refractivity contribution in [2.45, 2.75) is 170 Å². The van der Waals surface area contributed by atoms with Crippen LogP contribution >= 0.6 is 32.0 Å². The molecule has 0 aliphatic carbocycles. The summed E-state index contributed by atoms with van der Waals surface area (Å²) in [7, 11) is -5.05. The summed E-state index contributed by atoms with van der Waals surface area (Å²) in [4.78, 5) is 68.0. The fraction of sp³-hybridized carbons (Fsp3) is 0.908. The molecule has 0 fully saturated rings. The highest BCUT2D eigenvalue weighted by atomic mass is 32.2. The van der Waals surface area contributed by atoms with Gasteiger partial charge in [-0.25, -0.2) is 50.3 Å². The van der Waals surface area contributed by atoms with E-state index in [9.17, 15) is 45.6 Å². The average molecular weight is 1850 g/mol. The summed E-state index contributed by atoms with van der Waals surface area (Å²) in [5.74, 6) is -0.226. The molecule has 40 nitrogen and oxygen atoms in total. The Bertz CT molecular complexity index is 2710. The van der Waals surface area contributed by atoms with Crippen LogP contribution < -0.4 is 21.3 Å². The smallest absolute Gasteiger partial charge is 0.407 e. The maximum Gasteiger partial charge on any atom is 0.407 e. The van der Waals surface area contributed by atoms with E-state index < -0.39 is 112 Å². The minimum absolute atomic E-state index is 0.0261. The lowest BCUT2D eigenvalue weighted by atomic mass is 10.2. The zero-order valence-corrected chi connectivity index (χ0v) is 79.2. The Balaban J connectivity index is -0.00000175. The third-order valence-electron chi connectivity index (χ3n) is 13.5. The van der Waals surface area contributed by atoms with Crippen LogP contribution in [0.25, 0.3) is 0 Å². The van der Waals surface area contributed by atoms with Gasteiger partial charge in [-0.2, -0.15) is 28.8 Å². The van der Waals surface area contributed by atoms with Gasteiger partial charge in [-0.1, -0.05) is 0 Å². The Morgan fingerprint density at radius 3 is 0.934 bits per heavy atom. The summed E-state index contributed by atoms with van der Waals surface area (Å²) in [6.45, 7) is 37.3. The van der Waals surface area contributed by atoms with Gasteiger partial charge in [0.1, 0.15) is 53.9 Å². The Morgan fingerprint density at radius 2 is 0.653 bits per heavy atom. The number of carboxylic acid groups (broad SMARTS) is 2. The van der Waals surface area contributed by atoms with E-state index in [1.807, 2.05) is 41.5 Å². The van der Waals surface area contributed by atoms with Crippen molar-refractivity contribution in [3.8, 4) is 6.07 Å². The highest BCUT2D eigenvalue weighted by Gasteiger charge is 2.31. The average Bonchev–Trinajstić information content (AvgIpc) is 0.867. The molecule has 0 spiro atoms. The van der Waals surface area contributed by atoms with E-state index in [0.29, 0.717) is 132 Å². The monoisotopic (exact) mass is 1850 g/mol. The van der Waals surface area contributed by atoms with Gasteiger partial charge in [-0.15, -0.1) is 0 Å². The van der Waals surface area contributed by atoms with Crippen molar-refractivity contribution in [1.82, 2.24) is 25.9 Å². The zero-order chi connectivity index (χ0) is 91.7. The standard InChI is InChI=1S/C27H52N2O15S2.C27H52N2O11S2.C22H45N2O8P/c1-26(2,3)43-24(32)28-7-15-45(34,35)17-13-38-9-11-40-19-22(42-21-23(30)31)20-41-12-10-39-14-18-46(36,37)16-8-29-25(33)44-27(4,5)6;1-26(2,3)39-24(32)28-7-15-41-17-13-34-9-11-36-19-22(38-21-23(30)31)20-37-12-10-35-14-18-42-16-8-29-25(33)40-27(4,5)6;1-20(2)24(21(3)4)33(31-9-7-8-23)32-22(18-29-16-14-27-12-10-25-5)19-30-17-15-28-13-11-26-6/h22H,7-21H2,1-6H3,(H,28,32)(H,29,33)(H,30,31);22H,7-21H2,1-6H3,(H,28,32)(H,29,33)(H,30,31);20-22H,7,9-19H2,1-6H3. The van der Waals surface area contributed by atoms with Crippen LogP contribution in [0.15, 0.2) is 0 Å². The number of hydrogen-bond acceptors (Lipinski definition) is 36. The van der Waals surface area contributed by atoms with Gasteiger partial charge >= 0.3 is 36.3 Å². The van der Waals surface area contributed by atoms with Gasteiger partial charge in [-0.05, 0) is 111 Å². The number of amides is 4. The molecule has 4 amide bonds. The molecule has 0 aliphatic rings. The molecule has 0 aromatic rings. The van der Waals surface area contributed by atoms with E-state index in [1.54, 1.807) is 79.3 Å². The number of carboxylic acids is 2. The van der Waals surface area contributed by atoms with E-state index in [2.05, 4.69) is 59.7 Å². The van der Waals surface area contributed by atoms with E-state index in [0.717, 1.165) is 23.0 Å². The first-order valence-corrected chi connectivity index (χ1v) is 47.3. The van der Waals surface area contributed by atoms with Gasteiger partial charge in [0.25, 0.3) is 8.53 Å². The van der Waals surface area contributed by atoms with Crippen molar-refractivity contribution in [3.05, 3.63) is 0 Å². The second-order valence-corrected chi connectivity index (χ2v) is 38.7. The third-order valence-corrected chi connectivity index (χ3v) is 20.8. The molecule has 0 rings (SSSR count). The molecule has 0 aromatic heterocycles. The normalized spacial score (nSPS) is 12.4. The van der Waals surface area contributed by atoms with E-state index in [4.69, 9.17) is 119 Å². The van der Waals surface area contributed by atoms with Gasteiger partial charge in [0, 0.05) is 75.5 Å². The number of nitrogens with one attached hydrogen (secondary N) is 4. The van der Waals surface area contributed by atoms with Crippen LogP contribution in [0.5, 0.6) is 0 Å². The number of carbonyl (C=O) groups is 6. The summed E-state index contributed by atoms with van der Waals surface area (Å²) in [6.07, 6.45) is -3.53. The largest absolute Gasteiger partial charge is 0.480 e. The summed E-state index contributed by atoms with van der Waals surface area (Å²) < 4.78 is 170. The highest BCUT2D eigenvalue weighted by molar-refractivity contribution is 7.99. The first-order chi connectivity index (χ1) is 57.0. The molecular weight excluding hydrogens is 1700 g/mol. The molecule has 0 aliphatic heterocycles. The predicted molar refractivity (Wildman–Crippen MR) is 457 cm³/mol. The summed E-state index contributed by atoms with van der Waals surface area (Å²) in [5, 5.41) is 36.9. The predicted octanol–water partition coefficient (Wildman–Crippen LogP) is 6.45. The lowest BCUT2D eigenvalue weighted by Gasteiger charge is -2.37. The molecule has 1 atom stereocenters. The van der Waals surface area contributed by atoms with Crippen LogP contribution in [-0.2, 0) is 133 Å².